The summed E-state index contributed by atoms with van der Waals surface area (Å²) in [5.41, 5.74) is 9.43. The van der Waals surface area contributed by atoms with E-state index in [0.717, 1.165) is 36.0 Å². The summed E-state index contributed by atoms with van der Waals surface area (Å²) in [5.74, 6) is 4.01. The minimum Gasteiger partial charge on any atom is -0.342 e. The van der Waals surface area contributed by atoms with Crippen LogP contribution in [0.15, 0.2) is 71.4 Å². The Hall–Kier alpha value is -2.28. The zero-order valence-electron chi connectivity index (χ0n) is 21.0. The van der Waals surface area contributed by atoms with Gasteiger partial charge in [-0.15, -0.1) is 0 Å². The third-order valence-electron chi connectivity index (χ3n) is 10.2. The molecule has 4 aliphatic rings. The molecule has 2 saturated carbocycles. The molecule has 1 aliphatic heterocycles. The molecule has 33 heavy (non-hydrogen) atoms. The number of rotatable bonds is 3. The summed E-state index contributed by atoms with van der Waals surface area (Å²) in [5, 5.41) is 0. The third kappa shape index (κ3) is 3.18. The van der Waals surface area contributed by atoms with Gasteiger partial charge in [-0.2, -0.15) is 0 Å². The van der Waals surface area contributed by atoms with E-state index in [9.17, 15) is 0 Å². The lowest BCUT2D eigenvalue weighted by Crippen LogP contribution is -2.44. The second kappa shape index (κ2) is 7.62. The Labute approximate surface area is 200 Å². The van der Waals surface area contributed by atoms with E-state index in [1.54, 1.807) is 11.1 Å². The number of para-hydroxylation sites is 1. The molecular formula is C32H39N. The summed E-state index contributed by atoms with van der Waals surface area (Å²) in [6.07, 6.45) is 7.82. The summed E-state index contributed by atoms with van der Waals surface area (Å²) in [6, 6.07) is 20.8. The minimum absolute atomic E-state index is 0.248. The zero-order valence-corrected chi connectivity index (χ0v) is 21.0. The lowest BCUT2D eigenvalue weighted by molar-refractivity contribution is 0.104. The maximum Gasteiger partial charge on any atom is 0.0410 e. The summed E-state index contributed by atoms with van der Waals surface area (Å²) >= 11 is 0. The number of nitrogens with zero attached hydrogens (tertiary/aromatic N) is 1. The average Bonchev–Trinajstić information content (AvgIpc) is 3.45. The molecule has 172 valence electrons. The molecule has 6 unspecified atom stereocenters. The van der Waals surface area contributed by atoms with E-state index < -0.39 is 0 Å². The first kappa shape index (κ1) is 21.3. The highest BCUT2D eigenvalue weighted by Gasteiger charge is 2.55. The molecule has 0 aromatic heterocycles. The fraction of sp³-hybridized carbons (Fsp3) is 0.500. The Morgan fingerprint density at radius 3 is 2.36 bits per heavy atom. The van der Waals surface area contributed by atoms with Gasteiger partial charge in [0, 0.05) is 23.3 Å². The molecule has 2 aromatic rings. The predicted molar refractivity (Wildman–Crippen MR) is 140 cm³/mol. The predicted octanol–water partition coefficient (Wildman–Crippen LogP) is 8.13. The molecule has 1 heteroatoms. The molecule has 0 amide bonds. The van der Waals surface area contributed by atoms with Crippen molar-refractivity contribution in [2.45, 2.75) is 66.3 Å². The smallest absolute Gasteiger partial charge is 0.0410 e. The molecule has 6 rings (SSSR count). The fourth-order valence-corrected chi connectivity index (χ4v) is 8.64. The number of fused-ring (bicyclic) bond motifs is 3. The van der Waals surface area contributed by atoms with Crippen molar-refractivity contribution in [3.05, 3.63) is 82.6 Å². The van der Waals surface area contributed by atoms with Gasteiger partial charge in [-0.3, -0.25) is 0 Å². The number of anilines is 1. The van der Waals surface area contributed by atoms with Gasteiger partial charge in [-0.1, -0.05) is 74.9 Å². The van der Waals surface area contributed by atoms with E-state index in [1.807, 2.05) is 0 Å². The van der Waals surface area contributed by atoms with Gasteiger partial charge in [0.05, 0.1) is 0 Å². The standard InChI is InChI=1S/C32H39N/c1-20-15-25-18-28-21(2)22(3)33(27-13-7-6-8-14-27)30(28)19-29(25)31(20)32(4,5)26-16-23-11-9-10-12-24(23)17-26/h6-14,16,20,25,28-31H,15,17-19H2,1-5H3. The van der Waals surface area contributed by atoms with Crippen molar-refractivity contribution in [1.82, 2.24) is 0 Å². The van der Waals surface area contributed by atoms with Gasteiger partial charge >= 0.3 is 0 Å². The van der Waals surface area contributed by atoms with Gasteiger partial charge in [-0.05, 0) is 97.5 Å². The van der Waals surface area contributed by atoms with Crippen molar-refractivity contribution in [3.8, 4) is 0 Å². The Kier molecular flexibility index (Phi) is 4.91. The topological polar surface area (TPSA) is 3.24 Å². The van der Waals surface area contributed by atoms with Crippen molar-refractivity contribution in [3.63, 3.8) is 0 Å². The number of hydrogen-bond acceptors (Lipinski definition) is 1. The van der Waals surface area contributed by atoms with Crippen LogP contribution in [0.1, 0.15) is 65.0 Å². The average molecular weight is 438 g/mol. The van der Waals surface area contributed by atoms with Crippen molar-refractivity contribution >= 4 is 11.8 Å². The molecule has 6 atom stereocenters. The van der Waals surface area contributed by atoms with Crippen LogP contribution < -0.4 is 4.90 Å². The van der Waals surface area contributed by atoms with Crippen LogP contribution >= 0.6 is 0 Å². The molecule has 0 radical (unpaired) electrons. The quantitative estimate of drug-likeness (QED) is 0.468. The Bertz CT molecular complexity index is 1120. The van der Waals surface area contributed by atoms with Gasteiger partial charge in [0.2, 0.25) is 0 Å². The van der Waals surface area contributed by atoms with Crippen molar-refractivity contribution in [2.24, 2.45) is 35.0 Å². The van der Waals surface area contributed by atoms with E-state index in [-0.39, 0.29) is 5.41 Å². The van der Waals surface area contributed by atoms with E-state index in [2.05, 4.69) is 100 Å². The molecule has 2 fully saturated rings. The lowest BCUT2D eigenvalue weighted by atomic mass is 9.61. The Morgan fingerprint density at radius 2 is 1.61 bits per heavy atom. The van der Waals surface area contributed by atoms with E-state index in [0.29, 0.717) is 6.04 Å². The SMILES string of the molecule is CC1=C(C)N(c2ccccc2)C2CC3C(CC(C)C3C(C)(C)C3=Cc4ccccc4C3)CC12. The van der Waals surface area contributed by atoms with Gasteiger partial charge in [0.1, 0.15) is 0 Å². The highest BCUT2D eigenvalue weighted by Crippen LogP contribution is 2.61. The third-order valence-corrected chi connectivity index (χ3v) is 10.2. The fourth-order valence-electron chi connectivity index (χ4n) is 8.64. The van der Waals surface area contributed by atoms with E-state index >= 15 is 0 Å². The molecule has 3 aliphatic carbocycles. The monoisotopic (exact) mass is 437 g/mol. The van der Waals surface area contributed by atoms with Gasteiger partial charge < -0.3 is 4.90 Å². The first-order valence-corrected chi connectivity index (χ1v) is 13.2. The van der Waals surface area contributed by atoms with Crippen molar-refractivity contribution in [2.75, 3.05) is 4.90 Å². The molecule has 0 N–H and O–H groups in total. The van der Waals surface area contributed by atoms with Crippen LogP contribution in [0.4, 0.5) is 5.69 Å². The van der Waals surface area contributed by atoms with Crippen LogP contribution in [-0.4, -0.2) is 6.04 Å². The maximum absolute atomic E-state index is 2.70. The first-order valence-electron chi connectivity index (χ1n) is 13.2. The number of benzene rings is 2. The first-order chi connectivity index (χ1) is 15.9. The maximum atomic E-state index is 2.70. The summed E-state index contributed by atoms with van der Waals surface area (Å²) in [4.78, 5) is 2.70. The van der Waals surface area contributed by atoms with Gasteiger partial charge in [0.15, 0.2) is 0 Å². The van der Waals surface area contributed by atoms with Crippen molar-refractivity contribution in [1.29, 1.82) is 0 Å². The van der Waals surface area contributed by atoms with Crippen LogP contribution in [0.5, 0.6) is 0 Å². The van der Waals surface area contributed by atoms with Crippen LogP contribution in [0, 0.1) is 35.0 Å². The molecule has 0 bridgehead atoms. The van der Waals surface area contributed by atoms with Crippen molar-refractivity contribution < 1.29 is 0 Å². The lowest BCUT2D eigenvalue weighted by Gasteiger charge is -2.46. The van der Waals surface area contributed by atoms with Gasteiger partial charge in [0.25, 0.3) is 0 Å². The van der Waals surface area contributed by atoms with Crippen LogP contribution in [-0.2, 0) is 6.42 Å². The van der Waals surface area contributed by atoms with E-state index in [1.165, 1.54) is 41.8 Å². The second-order valence-corrected chi connectivity index (χ2v) is 12.0. The summed E-state index contributed by atoms with van der Waals surface area (Å²) in [6.45, 7) is 12.5. The minimum atomic E-state index is 0.248. The number of allylic oxidation sites excluding steroid dienone is 2. The van der Waals surface area contributed by atoms with Crippen LogP contribution in [0.2, 0.25) is 0 Å². The normalized spacial score (nSPS) is 33.1. The molecular weight excluding hydrogens is 398 g/mol. The Morgan fingerprint density at radius 1 is 0.879 bits per heavy atom. The zero-order chi connectivity index (χ0) is 22.9. The molecule has 1 nitrogen and oxygen atoms in total. The highest BCUT2D eigenvalue weighted by molar-refractivity contribution is 5.65. The van der Waals surface area contributed by atoms with Crippen LogP contribution in [0.3, 0.4) is 0 Å². The summed E-state index contributed by atoms with van der Waals surface area (Å²) < 4.78 is 0. The number of hydrogen-bond donors (Lipinski definition) is 0. The highest BCUT2D eigenvalue weighted by atomic mass is 15.2. The van der Waals surface area contributed by atoms with Crippen LogP contribution in [0.25, 0.3) is 6.08 Å². The molecule has 0 saturated heterocycles. The molecule has 1 heterocycles. The molecule has 0 spiro atoms. The largest absolute Gasteiger partial charge is 0.342 e. The van der Waals surface area contributed by atoms with Gasteiger partial charge in [-0.25, -0.2) is 0 Å². The second-order valence-electron chi connectivity index (χ2n) is 12.0. The summed E-state index contributed by atoms with van der Waals surface area (Å²) in [7, 11) is 0. The molecule has 2 aromatic carbocycles. The van der Waals surface area contributed by atoms with E-state index in [4.69, 9.17) is 0 Å². The Balaban J connectivity index is 1.32.